The SMILES string of the molecule is O=C(O)CCCn1c(-c2c(F)cccc2F)csc1=O. The summed E-state index contributed by atoms with van der Waals surface area (Å²) in [5.41, 5.74) is -0.123. The molecule has 0 unspecified atom stereocenters. The van der Waals surface area contributed by atoms with Crippen LogP contribution in [0.4, 0.5) is 8.78 Å². The molecule has 1 aromatic carbocycles. The molecule has 0 saturated heterocycles. The Morgan fingerprint density at radius 3 is 2.55 bits per heavy atom. The van der Waals surface area contributed by atoms with Crippen LogP contribution in [0.15, 0.2) is 28.4 Å². The highest BCUT2D eigenvalue weighted by Crippen LogP contribution is 2.26. The van der Waals surface area contributed by atoms with Crippen LogP contribution in [0.1, 0.15) is 12.8 Å². The van der Waals surface area contributed by atoms with Crippen molar-refractivity contribution in [3.8, 4) is 11.3 Å². The molecule has 0 atom stereocenters. The van der Waals surface area contributed by atoms with Crippen LogP contribution in [0.5, 0.6) is 0 Å². The highest BCUT2D eigenvalue weighted by molar-refractivity contribution is 7.07. The van der Waals surface area contributed by atoms with E-state index in [9.17, 15) is 18.4 Å². The summed E-state index contributed by atoms with van der Waals surface area (Å²) in [6.07, 6.45) is 0.108. The molecule has 0 saturated carbocycles. The predicted octanol–water partition coefficient (Wildman–Crippen LogP) is 2.72. The molecule has 0 spiro atoms. The van der Waals surface area contributed by atoms with Gasteiger partial charge in [0.15, 0.2) is 0 Å². The molecular weight excluding hydrogens is 288 g/mol. The van der Waals surface area contributed by atoms with Crippen molar-refractivity contribution >= 4 is 17.3 Å². The summed E-state index contributed by atoms with van der Waals surface area (Å²) in [7, 11) is 0. The second-order valence-electron chi connectivity index (χ2n) is 4.13. The summed E-state index contributed by atoms with van der Waals surface area (Å²) >= 11 is 0.829. The number of carboxylic acids is 1. The molecular formula is C13H11F2NO3S. The molecule has 0 amide bonds. The topological polar surface area (TPSA) is 59.3 Å². The number of hydrogen-bond acceptors (Lipinski definition) is 3. The number of halogens is 2. The molecule has 0 radical (unpaired) electrons. The van der Waals surface area contributed by atoms with Gasteiger partial charge in [-0.3, -0.25) is 14.2 Å². The van der Waals surface area contributed by atoms with Crippen LogP contribution in [-0.2, 0) is 11.3 Å². The molecule has 0 aliphatic carbocycles. The maximum atomic E-state index is 13.7. The lowest BCUT2D eigenvalue weighted by atomic mass is 10.1. The van der Waals surface area contributed by atoms with Crippen molar-refractivity contribution in [1.29, 1.82) is 0 Å². The Balaban J connectivity index is 2.38. The van der Waals surface area contributed by atoms with Crippen LogP contribution in [0.2, 0.25) is 0 Å². The van der Waals surface area contributed by atoms with Gasteiger partial charge in [0.2, 0.25) is 0 Å². The predicted molar refractivity (Wildman–Crippen MR) is 70.8 cm³/mol. The van der Waals surface area contributed by atoms with E-state index in [1.807, 2.05) is 0 Å². The van der Waals surface area contributed by atoms with Crippen LogP contribution < -0.4 is 4.87 Å². The van der Waals surface area contributed by atoms with Crippen molar-refractivity contribution in [3.05, 3.63) is 44.9 Å². The maximum Gasteiger partial charge on any atom is 0.307 e. The molecule has 1 aromatic heterocycles. The molecule has 0 fully saturated rings. The summed E-state index contributed by atoms with van der Waals surface area (Å²) in [4.78, 5) is 21.8. The number of carbonyl (C=O) groups is 1. The van der Waals surface area contributed by atoms with Gasteiger partial charge in [-0.15, -0.1) is 0 Å². The Bertz CT molecular complexity index is 673. The Kier molecular flexibility index (Phi) is 4.29. The first-order valence-corrected chi connectivity index (χ1v) is 6.73. The fourth-order valence-electron chi connectivity index (χ4n) is 1.87. The summed E-state index contributed by atoms with van der Waals surface area (Å²) in [6, 6.07) is 3.47. The highest BCUT2D eigenvalue weighted by Gasteiger charge is 2.17. The van der Waals surface area contributed by atoms with Gasteiger partial charge in [0.25, 0.3) is 0 Å². The van der Waals surface area contributed by atoms with Gasteiger partial charge < -0.3 is 5.11 Å². The zero-order valence-electron chi connectivity index (χ0n) is 10.3. The van der Waals surface area contributed by atoms with Gasteiger partial charge >= 0.3 is 10.8 Å². The van der Waals surface area contributed by atoms with Crippen molar-refractivity contribution in [1.82, 2.24) is 4.57 Å². The minimum absolute atomic E-state index is 0.109. The Morgan fingerprint density at radius 1 is 1.30 bits per heavy atom. The van der Waals surface area contributed by atoms with Gasteiger partial charge in [-0.05, 0) is 18.6 Å². The van der Waals surface area contributed by atoms with Crippen LogP contribution in [0, 0.1) is 11.6 Å². The number of aliphatic carboxylic acids is 1. The van der Waals surface area contributed by atoms with Crippen molar-refractivity contribution < 1.29 is 18.7 Å². The number of carboxylic acid groups (broad SMARTS) is 1. The second kappa shape index (κ2) is 5.96. The molecule has 106 valence electrons. The zero-order valence-corrected chi connectivity index (χ0v) is 11.1. The first kappa shape index (κ1) is 14.4. The summed E-state index contributed by atoms with van der Waals surface area (Å²) in [5, 5.41) is 9.96. The molecule has 2 rings (SSSR count). The van der Waals surface area contributed by atoms with E-state index < -0.39 is 17.6 Å². The molecule has 4 nitrogen and oxygen atoms in total. The third-order valence-corrected chi connectivity index (χ3v) is 3.54. The first-order chi connectivity index (χ1) is 9.50. The molecule has 20 heavy (non-hydrogen) atoms. The van der Waals surface area contributed by atoms with Crippen molar-refractivity contribution in [3.63, 3.8) is 0 Å². The average Bonchev–Trinajstić information content (AvgIpc) is 2.71. The number of nitrogens with zero attached hydrogens (tertiary/aromatic N) is 1. The lowest BCUT2D eigenvalue weighted by molar-refractivity contribution is -0.137. The monoisotopic (exact) mass is 299 g/mol. The summed E-state index contributed by atoms with van der Waals surface area (Å²) in [6.45, 7) is 0.109. The van der Waals surface area contributed by atoms with Gasteiger partial charge in [-0.2, -0.15) is 0 Å². The minimum Gasteiger partial charge on any atom is -0.481 e. The molecule has 7 heteroatoms. The maximum absolute atomic E-state index is 13.7. The van der Waals surface area contributed by atoms with E-state index in [0.29, 0.717) is 0 Å². The number of rotatable bonds is 5. The molecule has 0 aliphatic rings. The molecule has 0 bridgehead atoms. The van der Waals surface area contributed by atoms with E-state index in [0.717, 1.165) is 23.5 Å². The minimum atomic E-state index is -0.980. The normalized spacial score (nSPS) is 10.7. The molecule has 2 aromatic rings. The van der Waals surface area contributed by atoms with Crippen LogP contribution in [-0.4, -0.2) is 15.6 Å². The number of thiazole rings is 1. The van der Waals surface area contributed by atoms with E-state index in [1.165, 1.54) is 16.0 Å². The van der Waals surface area contributed by atoms with Crippen LogP contribution in [0.25, 0.3) is 11.3 Å². The van der Waals surface area contributed by atoms with E-state index in [4.69, 9.17) is 5.11 Å². The lowest BCUT2D eigenvalue weighted by Gasteiger charge is -2.08. The third-order valence-electron chi connectivity index (χ3n) is 2.77. The summed E-state index contributed by atoms with van der Waals surface area (Å²) < 4.78 is 28.7. The van der Waals surface area contributed by atoms with Crippen LogP contribution >= 0.6 is 11.3 Å². The quantitative estimate of drug-likeness (QED) is 0.923. The number of aromatic nitrogens is 1. The molecule has 1 heterocycles. The third kappa shape index (κ3) is 2.93. The first-order valence-electron chi connectivity index (χ1n) is 5.85. The fourth-order valence-corrected chi connectivity index (χ4v) is 2.64. The van der Waals surface area contributed by atoms with E-state index in [1.54, 1.807) is 0 Å². The van der Waals surface area contributed by atoms with Crippen LogP contribution in [0.3, 0.4) is 0 Å². The lowest BCUT2D eigenvalue weighted by Crippen LogP contribution is -2.16. The Morgan fingerprint density at radius 2 is 1.95 bits per heavy atom. The largest absolute Gasteiger partial charge is 0.481 e. The van der Waals surface area contributed by atoms with Gasteiger partial charge in [0.05, 0.1) is 11.3 Å². The van der Waals surface area contributed by atoms with Gasteiger partial charge in [0, 0.05) is 18.3 Å². The van der Waals surface area contributed by atoms with E-state index in [-0.39, 0.29) is 35.5 Å². The van der Waals surface area contributed by atoms with Gasteiger partial charge in [-0.1, -0.05) is 17.4 Å². The van der Waals surface area contributed by atoms with Crippen molar-refractivity contribution in [2.24, 2.45) is 0 Å². The average molecular weight is 299 g/mol. The van der Waals surface area contributed by atoms with E-state index >= 15 is 0 Å². The van der Waals surface area contributed by atoms with Gasteiger partial charge in [-0.25, -0.2) is 8.78 Å². The highest BCUT2D eigenvalue weighted by atomic mass is 32.1. The molecule has 1 N–H and O–H groups in total. The zero-order chi connectivity index (χ0) is 14.7. The summed E-state index contributed by atoms with van der Waals surface area (Å²) in [5.74, 6) is -2.49. The van der Waals surface area contributed by atoms with Crippen molar-refractivity contribution in [2.75, 3.05) is 0 Å². The molecule has 0 aliphatic heterocycles. The van der Waals surface area contributed by atoms with Gasteiger partial charge in [0.1, 0.15) is 11.6 Å². The fraction of sp³-hybridized carbons (Fsp3) is 0.231. The van der Waals surface area contributed by atoms with E-state index in [2.05, 4.69) is 0 Å². The standard InChI is InChI=1S/C13H11F2NO3S/c14-8-3-1-4-9(15)12(8)10-7-20-13(19)16(10)6-2-5-11(17)18/h1,3-4,7H,2,5-6H2,(H,17,18). The Hall–Kier alpha value is -2.02. The number of hydrogen-bond donors (Lipinski definition) is 1. The smallest absolute Gasteiger partial charge is 0.307 e. The second-order valence-corrected chi connectivity index (χ2v) is 4.95. The number of benzene rings is 1. The van der Waals surface area contributed by atoms with Crippen molar-refractivity contribution in [2.45, 2.75) is 19.4 Å². The Labute approximate surface area is 116 Å².